The Kier molecular flexibility index (Phi) is 9.88. The third kappa shape index (κ3) is 8.05. The van der Waals surface area contributed by atoms with Gasteiger partial charge in [-0.3, -0.25) is 14.5 Å². The molecule has 1 fully saturated rings. The number of hydrogen-bond acceptors (Lipinski definition) is 7. The van der Waals surface area contributed by atoms with Crippen molar-refractivity contribution < 1.29 is 27.5 Å². The molecule has 10 nitrogen and oxygen atoms in total. The van der Waals surface area contributed by atoms with Gasteiger partial charge in [0, 0.05) is 39.8 Å². The van der Waals surface area contributed by atoms with Gasteiger partial charge in [-0.2, -0.15) is 4.31 Å². The number of carbonyl (C=O) groups is 2. The highest BCUT2D eigenvalue weighted by molar-refractivity contribution is 7.88. The summed E-state index contributed by atoms with van der Waals surface area (Å²) in [5.74, 6) is -0.0657. The van der Waals surface area contributed by atoms with Gasteiger partial charge in [0.25, 0.3) is 0 Å². The molecule has 0 aromatic heterocycles. The van der Waals surface area contributed by atoms with E-state index < -0.39 is 22.0 Å². The zero-order valence-electron chi connectivity index (χ0n) is 19.2. The molecule has 1 heterocycles. The number of nitrogens with zero attached hydrogens (tertiary/aromatic N) is 3. The van der Waals surface area contributed by atoms with Crippen molar-refractivity contribution in [2.45, 2.75) is 19.5 Å². The summed E-state index contributed by atoms with van der Waals surface area (Å²) >= 11 is 0. The predicted molar refractivity (Wildman–Crippen MR) is 121 cm³/mol. The van der Waals surface area contributed by atoms with E-state index in [4.69, 9.17) is 9.47 Å². The van der Waals surface area contributed by atoms with Crippen molar-refractivity contribution in [3.05, 3.63) is 29.8 Å². The molecule has 0 spiro atoms. The first-order valence-electron chi connectivity index (χ1n) is 10.5. The van der Waals surface area contributed by atoms with Crippen molar-refractivity contribution >= 4 is 21.8 Å². The van der Waals surface area contributed by atoms with E-state index in [1.807, 2.05) is 12.1 Å². The molecule has 0 radical (unpaired) electrons. The van der Waals surface area contributed by atoms with Crippen LogP contribution in [0.1, 0.15) is 12.5 Å². The molecule has 1 unspecified atom stereocenters. The number of likely N-dealkylation sites (N-methyl/N-ethyl adjacent to an activating group) is 1. The van der Waals surface area contributed by atoms with Crippen LogP contribution in [0.5, 0.6) is 5.75 Å². The van der Waals surface area contributed by atoms with Gasteiger partial charge >= 0.3 is 0 Å². The number of morpholine rings is 1. The van der Waals surface area contributed by atoms with Gasteiger partial charge < -0.3 is 19.7 Å². The standard InChI is InChI=1S/C21H34N4O6S/c1-17(21(27)22-9-10-24-11-13-31-14-12-24)25(20(26)16-23(2)32(4,28)29)15-18-5-7-19(30-3)8-6-18/h5-8,17H,9-16H2,1-4H3,(H,22,27). The fourth-order valence-electron chi connectivity index (χ4n) is 3.22. The Balaban J connectivity index is 2.06. The highest BCUT2D eigenvalue weighted by Crippen LogP contribution is 2.15. The molecule has 0 aliphatic carbocycles. The molecule has 0 bridgehead atoms. The highest BCUT2D eigenvalue weighted by atomic mass is 32.2. The molecule has 1 N–H and O–H groups in total. The van der Waals surface area contributed by atoms with Crippen molar-refractivity contribution in [1.82, 2.24) is 19.4 Å². The molecule has 180 valence electrons. The summed E-state index contributed by atoms with van der Waals surface area (Å²) in [4.78, 5) is 29.4. The van der Waals surface area contributed by atoms with E-state index >= 15 is 0 Å². The topological polar surface area (TPSA) is 108 Å². The van der Waals surface area contributed by atoms with E-state index in [1.165, 1.54) is 11.9 Å². The zero-order valence-corrected chi connectivity index (χ0v) is 20.1. The molecular weight excluding hydrogens is 436 g/mol. The zero-order chi connectivity index (χ0) is 23.7. The number of rotatable bonds is 11. The maximum atomic E-state index is 13.0. The molecule has 32 heavy (non-hydrogen) atoms. The lowest BCUT2D eigenvalue weighted by Gasteiger charge is -2.31. The molecule has 2 rings (SSSR count). The number of ether oxygens (including phenoxy) is 2. The van der Waals surface area contributed by atoms with E-state index in [9.17, 15) is 18.0 Å². The molecule has 1 aromatic carbocycles. The van der Waals surface area contributed by atoms with Crippen molar-refractivity contribution in [2.75, 3.05) is 66.4 Å². The van der Waals surface area contributed by atoms with Gasteiger partial charge in [-0.05, 0) is 24.6 Å². The van der Waals surface area contributed by atoms with Gasteiger partial charge in [-0.25, -0.2) is 8.42 Å². The predicted octanol–water partition coefficient (Wildman–Crippen LogP) is -0.248. The lowest BCUT2D eigenvalue weighted by atomic mass is 10.1. The van der Waals surface area contributed by atoms with Crippen LogP contribution in [0.15, 0.2) is 24.3 Å². The van der Waals surface area contributed by atoms with Gasteiger partial charge in [-0.1, -0.05) is 12.1 Å². The number of hydrogen-bond donors (Lipinski definition) is 1. The third-order valence-corrected chi connectivity index (χ3v) is 6.70. The summed E-state index contributed by atoms with van der Waals surface area (Å²) in [7, 11) is -0.629. The first kappa shape index (κ1) is 26.0. The van der Waals surface area contributed by atoms with Crippen LogP contribution in [-0.4, -0.2) is 107 Å². The van der Waals surface area contributed by atoms with E-state index in [0.717, 1.165) is 29.2 Å². The summed E-state index contributed by atoms with van der Waals surface area (Å²) in [5, 5.41) is 2.89. The first-order chi connectivity index (χ1) is 15.1. The van der Waals surface area contributed by atoms with Crippen molar-refractivity contribution in [3.8, 4) is 5.75 Å². The summed E-state index contributed by atoms with van der Waals surface area (Å²) in [6.45, 7) is 5.63. The number of sulfonamides is 1. The molecule has 1 aliphatic rings. The van der Waals surface area contributed by atoms with Crippen LogP contribution in [0.25, 0.3) is 0 Å². The summed E-state index contributed by atoms with van der Waals surface area (Å²) in [6.07, 6.45) is 1.04. The molecule has 1 aliphatic heterocycles. The molecule has 2 amide bonds. The molecule has 11 heteroatoms. The van der Waals surface area contributed by atoms with Gasteiger partial charge in [0.1, 0.15) is 11.8 Å². The van der Waals surface area contributed by atoms with Gasteiger partial charge in [0.15, 0.2) is 0 Å². The SMILES string of the molecule is COc1ccc(CN(C(=O)CN(C)S(C)(=O)=O)C(C)C(=O)NCCN2CCOCC2)cc1. The number of nitrogens with one attached hydrogen (secondary N) is 1. The molecule has 0 saturated carbocycles. The Morgan fingerprint density at radius 3 is 2.41 bits per heavy atom. The van der Waals surface area contributed by atoms with Crippen LogP contribution in [0.3, 0.4) is 0 Å². The summed E-state index contributed by atoms with van der Waals surface area (Å²) in [5.41, 5.74) is 0.800. The summed E-state index contributed by atoms with van der Waals surface area (Å²) < 4.78 is 35.0. The molecule has 1 aromatic rings. The Morgan fingerprint density at radius 2 is 1.84 bits per heavy atom. The first-order valence-corrected chi connectivity index (χ1v) is 12.4. The lowest BCUT2D eigenvalue weighted by molar-refractivity contribution is -0.140. The van der Waals surface area contributed by atoms with Crippen LogP contribution in [0.4, 0.5) is 0 Å². The minimum absolute atomic E-state index is 0.165. The Labute approximate surface area is 190 Å². The fraction of sp³-hybridized carbons (Fsp3) is 0.619. The van der Waals surface area contributed by atoms with Crippen LogP contribution in [0, 0.1) is 0 Å². The second-order valence-corrected chi connectivity index (χ2v) is 9.90. The fourth-order valence-corrected chi connectivity index (χ4v) is 3.56. The summed E-state index contributed by atoms with van der Waals surface area (Å²) in [6, 6.07) is 6.38. The normalized spacial score (nSPS) is 15.9. The largest absolute Gasteiger partial charge is 0.497 e. The number of benzene rings is 1. The van der Waals surface area contributed by atoms with Gasteiger partial charge in [-0.15, -0.1) is 0 Å². The average Bonchev–Trinajstić information content (AvgIpc) is 2.77. The van der Waals surface area contributed by atoms with Crippen LogP contribution in [0.2, 0.25) is 0 Å². The van der Waals surface area contributed by atoms with Crippen LogP contribution in [-0.2, 0) is 30.9 Å². The van der Waals surface area contributed by atoms with Gasteiger partial charge in [0.05, 0.1) is 33.1 Å². The van der Waals surface area contributed by atoms with Crippen LogP contribution < -0.4 is 10.1 Å². The smallest absolute Gasteiger partial charge is 0.242 e. The third-order valence-electron chi connectivity index (χ3n) is 5.43. The average molecular weight is 471 g/mol. The van der Waals surface area contributed by atoms with E-state index in [1.54, 1.807) is 26.2 Å². The molecule has 1 atom stereocenters. The van der Waals surface area contributed by atoms with Gasteiger partial charge in [0.2, 0.25) is 21.8 Å². The molecular formula is C21H34N4O6S. The van der Waals surface area contributed by atoms with Crippen molar-refractivity contribution in [2.24, 2.45) is 0 Å². The minimum atomic E-state index is -3.53. The number of methoxy groups -OCH3 is 1. The quantitative estimate of drug-likeness (QED) is 0.475. The molecule has 1 saturated heterocycles. The van der Waals surface area contributed by atoms with E-state index in [-0.39, 0.29) is 19.0 Å². The number of carbonyl (C=O) groups excluding carboxylic acids is 2. The minimum Gasteiger partial charge on any atom is -0.497 e. The maximum absolute atomic E-state index is 13.0. The second kappa shape index (κ2) is 12.1. The monoisotopic (exact) mass is 470 g/mol. The Bertz CT molecular complexity index is 856. The lowest BCUT2D eigenvalue weighted by Crippen LogP contribution is -2.51. The van der Waals surface area contributed by atoms with E-state index in [2.05, 4.69) is 10.2 Å². The van der Waals surface area contributed by atoms with Crippen LogP contribution >= 0.6 is 0 Å². The van der Waals surface area contributed by atoms with Crippen molar-refractivity contribution in [1.29, 1.82) is 0 Å². The highest BCUT2D eigenvalue weighted by Gasteiger charge is 2.28. The Morgan fingerprint density at radius 1 is 1.22 bits per heavy atom. The Hall–Kier alpha value is -2.21. The number of amides is 2. The second-order valence-electron chi connectivity index (χ2n) is 7.81. The maximum Gasteiger partial charge on any atom is 0.242 e. The van der Waals surface area contributed by atoms with Crippen molar-refractivity contribution in [3.63, 3.8) is 0 Å². The van der Waals surface area contributed by atoms with E-state index in [0.29, 0.717) is 32.1 Å².